The van der Waals surface area contributed by atoms with Gasteiger partial charge < -0.3 is 10.2 Å². The lowest BCUT2D eigenvalue weighted by molar-refractivity contribution is 0.0882. The van der Waals surface area contributed by atoms with Crippen molar-refractivity contribution in [3.8, 4) is 0 Å². The largest absolute Gasteiger partial charge is 0.307 e. The Morgan fingerprint density at radius 1 is 1.30 bits per heavy atom. The summed E-state index contributed by atoms with van der Waals surface area (Å²) in [5.74, 6) is 0.384. The quantitative estimate of drug-likeness (QED) is 0.897. The van der Waals surface area contributed by atoms with Crippen LogP contribution in [0.2, 0.25) is 0 Å². The first kappa shape index (κ1) is 12.8. The summed E-state index contributed by atoms with van der Waals surface area (Å²) in [5.41, 5.74) is 4.61. The van der Waals surface area contributed by atoms with Gasteiger partial charge >= 0.3 is 0 Å². The van der Waals surface area contributed by atoms with Crippen LogP contribution in [0, 0.1) is 0 Å². The Morgan fingerprint density at radius 2 is 2.25 bits per heavy atom. The third kappa shape index (κ3) is 2.84. The Labute approximate surface area is 116 Å². The highest BCUT2D eigenvalue weighted by Crippen LogP contribution is 2.22. The normalized spacial score (nSPS) is 17.9. The molecule has 20 heavy (non-hydrogen) atoms. The Kier molecular flexibility index (Phi) is 3.71. The highest BCUT2D eigenvalue weighted by atomic mass is 16.7. The van der Waals surface area contributed by atoms with Crippen LogP contribution in [0.5, 0.6) is 0 Å². The van der Waals surface area contributed by atoms with Gasteiger partial charge in [0, 0.05) is 11.8 Å². The summed E-state index contributed by atoms with van der Waals surface area (Å²) in [4.78, 5) is 21.4. The minimum absolute atomic E-state index is 0.151. The van der Waals surface area contributed by atoms with E-state index in [0.717, 1.165) is 12.0 Å². The molecule has 0 unspecified atom stereocenters. The van der Waals surface area contributed by atoms with Crippen molar-refractivity contribution in [2.24, 2.45) is 0 Å². The molecule has 1 aliphatic heterocycles. The maximum atomic E-state index is 12.2. The Bertz CT molecular complexity index is 595. The molecule has 0 spiro atoms. The van der Waals surface area contributed by atoms with E-state index in [4.69, 9.17) is 4.84 Å². The van der Waals surface area contributed by atoms with Crippen molar-refractivity contribution >= 4 is 11.7 Å². The SMILES string of the molecule is O=C(Nc1ccccn1)c1cccc([C@H]2CCON2)c1. The second-order valence-corrected chi connectivity index (χ2v) is 4.60. The predicted molar refractivity (Wildman–Crippen MR) is 75.1 cm³/mol. The number of carbonyl (C=O) groups is 1. The van der Waals surface area contributed by atoms with Crippen molar-refractivity contribution < 1.29 is 9.63 Å². The number of hydrogen-bond acceptors (Lipinski definition) is 4. The van der Waals surface area contributed by atoms with Crippen molar-refractivity contribution in [2.75, 3.05) is 11.9 Å². The van der Waals surface area contributed by atoms with Gasteiger partial charge in [-0.2, -0.15) is 5.48 Å². The smallest absolute Gasteiger partial charge is 0.256 e. The molecule has 1 aromatic carbocycles. The van der Waals surface area contributed by atoms with Crippen LogP contribution < -0.4 is 10.8 Å². The van der Waals surface area contributed by atoms with Gasteiger partial charge in [-0.15, -0.1) is 0 Å². The highest BCUT2D eigenvalue weighted by Gasteiger charge is 2.18. The van der Waals surface area contributed by atoms with Gasteiger partial charge in [-0.1, -0.05) is 18.2 Å². The summed E-state index contributed by atoms with van der Waals surface area (Å²) < 4.78 is 0. The van der Waals surface area contributed by atoms with Gasteiger partial charge in [0.05, 0.1) is 12.6 Å². The molecule has 0 bridgehead atoms. The second kappa shape index (κ2) is 5.81. The van der Waals surface area contributed by atoms with Gasteiger partial charge in [0.15, 0.2) is 0 Å². The van der Waals surface area contributed by atoms with Crippen molar-refractivity contribution in [1.29, 1.82) is 0 Å². The Morgan fingerprint density at radius 3 is 3.00 bits per heavy atom. The average Bonchev–Trinajstić information content (AvgIpc) is 3.03. The highest BCUT2D eigenvalue weighted by molar-refractivity contribution is 6.03. The number of amides is 1. The van der Waals surface area contributed by atoms with Crippen LogP contribution >= 0.6 is 0 Å². The van der Waals surface area contributed by atoms with E-state index in [1.807, 2.05) is 30.3 Å². The Hall–Kier alpha value is -2.24. The molecule has 1 atom stereocenters. The van der Waals surface area contributed by atoms with Gasteiger partial charge in [-0.25, -0.2) is 4.98 Å². The summed E-state index contributed by atoms with van der Waals surface area (Å²) in [6.07, 6.45) is 2.55. The predicted octanol–water partition coefficient (Wildman–Crippen LogP) is 2.30. The lowest BCUT2D eigenvalue weighted by Gasteiger charge is -2.10. The number of anilines is 1. The average molecular weight is 269 g/mol. The van der Waals surface area contributed by atoms with E-state index < -0.39 is 0 Å². The molecule has 1 fully saturated rings. The second-order valence-electron chi connectivity index (χ2n) is 4.60. The van der Waals surface area contributed by atoms with E-state index in [2.05, 4.69) is 15.8 Å². The van der Waals surface area contributed by atoms with Gasteiger partial charge in [-0.3, -0.25) is 4.79 Å². The first-order valence-corrected chi connectivity index (χ1v) is 6.52. The summed E-state index contributed by atoms with van der Waals surface area (Å²) >= 11 is 0. The minimum atomic E-state index is -0.163. The van der Waals surface area contributed by atoms with E-state index in [-0.39, 0.29) is 11.9 Å². The molecule has 0 aliphatic carbocycles. The maximum Gasteiger partial charge on any atom is 0.256 e. The van der Waals surface area contributed by atoms with E-state index in [1.165, 1.54) is 0 Å². The number of nitrogens with zero attached hydrogens (tertiary/aromatic N) is 1. The minimum Gasteiger partial charge on any atom is -0.307 e. The summed E-state index contributed by atoms with van der Waals surface area (Å²) in [6.45, 7) is 0.690. The molecule has 5 nitrogen and oxygen atoms in total. The number of nitrogens with one attached hydrogen (secondary N) is 2. The molecular weight excluding hydrogens is 254 g/mol. The van der Waals surface area contributed by atoms with E-state index >= 15 is 0 Å². The van der Waals surface area contributed by atoms with Gasteiger partial charge in [-0.05, 0) is 36.2 Å². The molecule has 2 heterocycles. The number of hydrogen-bond donors (Lipinski definition) is 2. The maximum absolute atomic E-state index is 12.2. The van der Waals surface area contributed by atoms with Crippen molar-refractivity contribution in [2.45, 2.75) is 12.5 Å². The molecular formula is C15H15N3O2. The molecule has 0 saturated carbocycles. The molecule has 5 heteroatoms. The number of carbonyl (C=O) groups excluding carboxylic acids is 1. The molecule has 1 amide bonds. The van der Waals surface area contributed by atoms with Crippen molar-refractivity contribution in [1.82, 2.24) is 10.5 Å². The third-order valence-corrected chi connectivity index (χ3v) is 3.19. The van der Waals surface area contributed by atoms with Crippen molar-refractivity contribution in [3.63, 3.8) is 0 Å². The molecule has 2 N–H and O–H groups in total. The Balaban J connectivity index is 1.76. The van der Waals surface area contributed by atoms with Crippen LogP contribution in [0.1, 0.15) is 28.4 Å². The van der Waals surface area contributed by atoms with Crippen LogP contribution in [-0.2, 0) is 4.84 Å². The first-order chi connectivity index (χ1) is 9.83. The standard InChI is InChI=1S/C15H15N3O2/c19-15(17-14-6-1-2-8-16-14)12-5-3-4-11(10-12)13-7-9-20-18-13/h1-6,8,10,13,18H,7,9H2,(H,16,17,19)/t13-/m1/s1. The van der Waals surface area contributed by atoms with Crippen LogP contribution in [0.15, 0.2) is 48.7 Å². The number of pyridine rings is 1. The molecule has 1 aliphatic rings. The van der Waals surface area contributed by atoms with Gasteiger partial charge in [0.25, 0.3) is 5.91 Å². The lowest BCUT2D eigenvalue weighted by Crippen LogP contribution is -2.15. The van der Waals surface area contributed by atoms with Crippen LogP contribution in [0.4, 0.5) is 5.82 Å². The third-order valence-electron chi connectivity index (χ3n) is 3.19. The number of rotatable bonds is 3. The number of aromatic nitrogens is 1. The van der Waals surface area contributed by atoms with Crippen LogP contribution in [0.3, 0.4) is 0 Å². The molecule has 0 radical (unpaired) electrons. The number of benzene rings is 1. The van der Waals surface area contributed by atoms with Gasteiger partial charge in [0.1, 0.15) is 5.82 Å². The van der Waals surface area contributed by atoms with Crippen molar-refractivity contribution in [3.05, 3.63) is 59.8 Å². The monoisotopic (exact) mass is 269 g/mol. The fraction of sp³-hybridized carbons (Fsp3) is 0.200. The molecule has 2 aromatic rings. The van der Waals surface area contributed by atoms with Crippen LogP contribution in [0.25, 0.3) is 0 Å². The topological polar surface area (TPSA) is 63.2 Å². The zero-order valence-corrected chi connectivity index (χ0v) is 10.9. The molecule has 1 aromatic heterocycles. The van der Waals surface area contributed by atoms with E-state index in [1.54, 1.807) is 18.3 Å². The summed E-state index contributed by atoms with van der Waals surface area (Å²) in [7, 11) is 0. The summed E-state index contributed by atoms with van der Waals surface area (Å²) in [5, 5.41) is 2.77. The van der Waals surface area contributed by atoms with Crippen LogP contribution in [-0.4, -0.2) is 17.5 Å². The zero-order valence-electron chi connectivity index (χ0n) is 10.9. The lowest BCUT2D eigenvalue weighted by atomic mass is 10.0. The van der Waals surface area contributed by atoms with Gasteiger partial charge in [0.2, 0.25) is 0 Å². The molecule has 1 saturated heterocycles. The molecule has 3 rings (SSSR count). The number of hydroxylamine groups is 1. The fourth-order valence-corrected chi connectivity index (χ4v) is 2.15. The van der Waals surface area contributed by atoms with E-state index in [9.17, 15) is 4.79 Å². The summed E-state index contributed by atoms with van der Waals surface area (Å²) in [6, 6.07) is 13.1. The fourth-order valence-electron chi connectivity index (χ4n) is 2.15. The zero-order chi connectivity index (χ0) is 13.8. The van der Waals surface area contributed by atoms with E-state index in [0.29, 0.717) is 18.0 Å². The first-order valence-electron chi connectivity index (χ1n) is 6.52. The molecule has 102 valence electrons.